The molecule has 0 aromatic heterocycles. The number of hydrogen-bond acceptors (Lipinski definition) is 3. The van der Waals surface area contributed by atoms with E-state index < -0.39 is 0 Å². The molecule has 0 fully saturated rings. The first-order valence-electron chi connectivity index (χ1n) is 3.26. The summed E-state index contributed by atoms with van der Waals surface area (Å²) < 4.78 is 4.99. The quantitative estimate of drug-likeness (QED) is 0.531. The Labute approximate surface area is 61.5 Å². The molecule has 3 heteroatoms. The third-order valence-electron chi connectivity index (χ3n) is 1.39. The molecule has 0 saturated heterocycles. The molecule has 60 valence electrons. The Bertz CT molecular complexity index is 95.6. The van der Waals surface area contributed by atoms with Crippen molar-refractivity contribution < 1.29 is 9.84 Å². The van der Waals surface area contributed by atoms with Gasteiger partial charge in [0.25, 0.3) is 0 Å². The van der Waals surface area contributed by atoms with Crippen molar-refractivity contribution in [3.63, 3.8) is 0 Å². The Balaban J connectivity index is 3.67. The van der Waals surface area contributed by atoms with Gasteiger partial charge in [-0.25, -0.2) is 0 Å². The van der Waals surface area contributed by atoms with Crippen LogP contribution in [0.4, 0.5) is 0 Å². The average molecular weight is 145 g/mol. The molecule has 2 atom stereocenters. The lowest BCUT2D eigenvalue weighted by molar-refractivity contribution is 0.0618. The smallest absolute Gasteiger partial charge is 0.0778 e. The van der Waals surface area contributed by atoms with Crippen LogP contribution in [0, 0.1) is 0 Å². The summed E-state index contributed by atoms with van der Waals surface area (Å²) in [7, 11) is 1.57. The predicted octanol–water partition coefficient (Wildman–Crippen LogP) is -0.103. The van der Waals surface area contributed by atoms with Gasteiger partial charge in [0.2, 0.25) is 0 Å². The minimum Gasteiger partial charge on any atom is -0.395 e. The summed E-state index contributed by atoms with van der Waals surface area (Å²) in [5.74, 6) is 0. The van der Waals surface area contributed by atoms with Gasteiger partial charge in [0.15, 0.2) is 0 Å². The minimum absolute atomic E-state index is 0.0493. The van der Waals surface area contributed by atoms with E-state index >= 15 is 0 Å². The van der Waals surface area contributed by atoms with Gasteiger partial charge in [-0.05, 0) is 6.42 Å². The van der Waals surface area contributed by atoms with E-state index in [2.05, 4.69) is 6.58 Å². The third-order valence-corrected chi connectivity index (χ3v) is 1.39. The fraction of sp³-hybridized carbons (Fsp3) is 0.714. The number of ether oxygens (including phenoxy) is 1. The zero-order valence-corrected chi connectivity index (χ0v) is 6.29. The summed E-state index contributed by atoms with van der Waals surface area (Å²) in [5.41, 5.74) is 5.49. The molecule has 3 N–H and O–H groups in total. The standard InChI is InChI=1S/C7H15NO2/c1-3-4-7(10-2)6(8)5-9/h3,6-7,9H,1,4-5,8H2,2H3. The van der Waals surface area contributed by atoms with Gasteiger partial charge in [-0.1, -0.05) is 6.08 Å². The van der Waals surface area contributed by atoms with Crippen molar-refractivity contribution in [2.45, 2.75) is 18.6 Å². The van der Waals surface area contributed by atoms with Gasteiger partial charge in [0.1, 0.15) is 0 Å². The largest absolute Gasteiger partial charge is 0.395 e. The average Bonchev–Trinajstić information content (AvgIpc) is 1.99. The summed E-state index contributed by atoms with van der Waals surface area (Å²) in [6.45, 7) is 3.50. The Morgan fingerprint density at radius 1 is 1.80 bits per heavy atom. The number of aliphatic hydroxyl groups is 1. The molecule has 0 aliphatic heterocycles. The molecular weight excluding hydrogens is 130 g/mol. The summed E-state index contributed by atoms with van der Waals surface area (Å²) in [4.78, 5) is 0. The fourth-order valence-corrected chi connectivity index (χ4v) is 0.728. The van der Waals surface area contributed by atoms with E-state index in [1.165, 1.54) is 0 Å². The molecule has 3 nitrogen and oxygen atoms in total. The fourth-order valence-electron chi connectivity index (χ4n) is 0.728. The van der Waals surface area contributed by atoms with Gasteiger partial charge < -0.3 is 15.6 Å². The maximum Gasteiger partial charge on any atom is 0.0778 e. The highest BCUT2D eigenvalue weighted by Crippen LogP contribution is 2.00. The van der Waals surface area contributed by atoms with Crippen LogP contribution < -0.4 is 5.73 Å². The van der Waals surface area contributed by atoms with Crippen LogP contribution in [0.25, 0.3) is 0 Å². The summed E-state index contributed by atoms with van der Waals surface area (Å²) in [5, 5.41) is 8.62. The maximum atomic E-state index is 8.62. The molecule has 0 aromatic rings. The Morgan fingerprint density at radius 3 is 2.70 bits per heavy atom. The van der Waals surface area contributed by atoms with Crippen LogP contribution in [-0.4, -0.2) is 31.0 Å². The van der Waals surface area contributed by atoms with Crippen molar-refractivity contribution >= 4 is 0 Å². The van der Waals surface area contributed by atoms with Crippen LogP contribution in [0.3, 0.4) is 0 Å². The Kier molecular flexibility index (Phi) is 5.20. The van der Waals surface area contributed by atoms with E-state index in [1.54, 1.807) is 13.2 Å². The van der Waals surface area contributed by atoms with Crippen LogP contribution in [-0.2, 0) is 4.74 Å². The lowest BCUT2D eigenvalue weighted by atomic mass is 10.1. The molecule has 10 heavy (non-hydrogen) atoms. The first-order valence-corrected chi connectivity index (χ1v) is 3.26. The zero-order valence-electron chi connectivity index (χ0n) is 6.29. The van der Waals surface area contributed by atoms with E-state index in [0.717, 1.165) is 0 Å². The normalized spacial score (nSPS) is 16.3. The second-order valence-corrected chi connectivity index (χ2v) is 2.14. The molecule has 0 aromatic carbocycles. The highest BCUT2D eigenvalue weighted by atomic mass is 16.5. The summed E-state index contributed by atoms with van der Waals surface area (Å²) >= 11 is 0. The van der Waals surface area contributed by atoms with E-state index in [-0.39, 0.29) is 18.8 Å². The van der Waals surface area contributed by atoms with Gasteiger partial charge in [0, 0.05) is 7.11 Å². The van der Waals surface area contributed by atoms with E-state index in [9.17, 15) is 0 Å². The van der Waals surface area contributed by atoms with Crippen LogP contribution >= 0.6 is 0 Å². The van der Waals surface area contributed by atoms with Crippen molar-refractivity contribution in [2.24, 2.45) is 5.73 Å². The number of hydrogen-bond donors (Lipinski definition) is 2. The molecule has 0 spiro atoms. The molecule has 0 aliphatic rings. The number of nitrogens with two attached hydrogens (primary N) is 1. The number of aliphatic hydroxyl groups excluding tert-OH is 1. The second-order valence-electron chi connectivity index (χ2n) is 2.14. The van der Waals surface area contributed by atoms with Crippen molar-refractivity contribution in [3.05, 3.63) is 12.7 Å². The maximum absolute atomic E-state index is 8.62. The van der Waals surface area contributed by atoms with Crippen molar-refractivity contribution in [1.82, 2.24) is 0 Å². The van der Waals surface area contributed by atoms with Crippen LogP contribution in [0.2, 0.25) is 0 Å². The van der Waals surface area contributed by atoms with E-state index in [0.29, 0.717) is 6.42 Å². The third kappa shape index (κ3) is 2.96. The Hall–Kier alpha value is -0.380. The minimum atomic E-state index is -0.303. The van der Waals surface area contributed by atoms with E-state index in [4.69, 9.17) is 15.6 Å². The van der Waals surface area contributed by atoms with E-state index in [1.807, 2.05) is 0 Å². The van der Waals surface area contributed by atoms with Crippen LogP contribution in [0.15, 0.2) is 12.7 Å². The van der Waals surface area contributed by atoms with Crippen molar-refractivity contribution in [2.75, 3.05) is 13.7 Å². The zero-order chi connectivity index (χ0) is 7.98. The van der Waals surface area contributed by atoms with Gasteiger partial charge in [-0.15, -0.1) is 6.58 Å². The highest BCUT2D eigenvalue weighted by Gasteiger charge is 2.13. The van der Waals surface area contributed by atoms with Crippen LogP contribution in [0.5, 0.6) is 0 Å². The summed E-state index contributed by atoms with van der Waals surface area (Å²) in [6.07, 6.45) is 2.30. The predicted molar refractivity (Wildman–Crippen MR) is 40.7 cm³/mol. The lowest BCUT2D eigenvalue weighted by Gasteiger charge is -2.18. The van der Waals surface area contributed by atoms with Crippen molar-refractivity contribution in [1.29, 1.82) is 0 Å². The molecule has 0 rings (SSSR count). The van der Waals surface area contributed by atoms with Gasteiger partial charge in [-0.3, -0.25) is 0 Å². The first-order chi connectivity index (χ1) is 4.76. The van der Waals surface area contributed by atoms with Gasteiger partial charge in [0.05, 0.1) is 18.8 Å². The first kappa shape index (κ1) is 9.62. The molecule has 0 heterocycles. The second kappa shape index (κ2) is 5.41. The van der Waals surface area contributed by atoms with Crippen LogP contribution in [0.1, 0.15) is 6.42 Å². The molecule has 0 amide bonds. The molecule has 0 radical (unpaired) electrons. The number of rotatable bonds is 5. The monoisotopic (exact) mass is 145 g/mol. The molecular formula is C7H15NO2. The van der Waals surface area contributed by atoms with Crippen molar-refractivity contribution in [3.8, 4) is 0 Å². The molecule has 2 unspecified atom stereocenters. The summed E-state index contributed by atoms with van der Waals surface area (Å²) in [6, 6.07) is -0.303. The molecule has 0 bridgehead atoms. The lowest BCUT2D eigenvalue weighted by Crippen LogP contribution is -2.38. The molecule has 0 saturated carbocycles. The molecule has 0 aliphatic carbocycles. The number of methoxy groups -OCH3 is 1. The highest BCUT2D eigenvalue weighted by molar-refractivity contribution is 4.80. The Morgan fingerprint density at radius 2 is 2.40 bits per heavy atom. The van der Waals surface area contributed by atoms with Gasteiger partial charge in [-0.2, -0.15) is 0 Å². The topological polar surface area (TPSA) is 55.5 Å². The van der Waals surface area contributed by atoms with Gasteiger partial charge >= 0.3 is 0 Å². The SMILES string of the molecule is C=CCC(OC)C(N)CO.